The Morgan fingerprint density at radius 1 is 1.41 bits per heavy atom. The summed E-state index contributed by atoms with van der Waals surface area (Å²) in [6.07, 6.45) is -5.62. The molecule has 0 radical (unpaired) electrons. The molecular weight excluding hydrogens is 241 g/mol. The summed E-state index contributed by atoms with van der Waals surface area (Å²) >= 11 is 0. The number of imide groups is 1. The van der Waals surface area contributed by atoms with Crippen LogP contribution in [0.2, 0.25) is 0 Å². The number of halogens is 3. The van der Waals surface area contributed by atoms with Gasteiger partial charge in [-0.15, -0.1) is 0 Å². The molecule has 1 atom stereocenters. The Morgan fingerprint density at radius 2 is 2.00 bits per heavy atom. The summed E-state index contributed by atoms with van der Waals surface area (Å²) in [6, 6.07) is -0.821. The van der Waals surface area contributed by atoms with E-state index in [0.29, 0.717) is 4.90 Å². The highest BCUT2D eigenvalue weighted by atomic mass is 19.4. The number of ether oxygens (including phenoxy) is 1. The van der Waals surface area contributed by atoms with Crippen molar-refractivity contribution in [2.24, 2.45) is 0 Å². The number of urea groups is 1. The molecule has 3 amide bonds. The van der Waals surface area contributed by atoms with Crippen molar-refractivity contribution < 1.29 is 27.5 Å². The maximum Gasteiger partial charge on any atom is 0.390 e. The normalized spacial score (nSPS) is 25.4. The first-order valence-electron chi connectivity index (χ1n) is 4.89. The zero-order chi connectivity index (χ0) is 13.3. The van der Waals surface area contributed by atoms with Crippen LogP contribution >= 0.6 is 0 Å². The Morgan fingerprint density at radius 3 is 2.47 bits per heavy atom. The smallest absolute Gasteiger partial charge is 0.382 e. The van der Waals surface area contributed by atoms with Gasteiger partial charge in [0.05, 0.1) is 13.0 Å². The third-order valence-corrected chi connectivity index (χ3v) is 2.40. The first-order chi connectivity index (χ1) is 7.69. The molecule has 0 aromatic carbocycles. The average molecular weight is 254 g/mol. The summed E-state index contributed by atoms with van der Waals surface area (Å²) in [7, 11) is 1.34. The molecule has 98 valence electrons. The molecule has 0 aliphatic carbocycles. The summed E-state index contributed by atoms with van der Waals surface area (Å²) in [6.45, 7) is 0.651. The van der Waals surface area contributed by atoms with Crippen LogP contribution in [0.4, 0.5) is 18.0 Å². The molecule has 1 fully saturated rings. The van der Waals surface area contributed by atoms with Crippen molar-refractivity contribution in [3.63, 3.8) is 0 Å². The molecule has 17 heavy (non-hydrogen) atoms. The average Bonchev–Trinajstić information content (AvgIpc) is 2.35. The van der Waals surface area contributed by atoms with Gasteiger partial charge in [-0.25, -0.2) is 4.79 Å². The maximum atomic E-state index is 12.0. The molecule has 0 spiro atoms. The molecule has 1 saturated heterocycles. The van der Waals surface area contributed by atoms with Crippen molar-refractivity contribution in [2.75, 3.05) is 20.3 Å². The molecule has 1 rings (SSSR count). The number of amides is 3. The fourth-order valence-electron chi connectivity index (χ4n) is 1.58. The number of rotatable bonds is 4. The zero-order valence-electron chi connectivity index (χ0n) is 9.43. The van der Waals surface area contributed by atoms with Crippen LogP contribution in [0.5, 0.6) is 0 Å². The van der Waals surface area contributed by atoms with E-state index in [1.165, 1.54) is 14.0 Å². The minimum Gasteiger partial charge on any atom is -0.382 e. The van der Waals surface area contributed by atoms with E-state index < -0.39 is 36.6 Å². The van der Waals surface area contributed by atoms with Crippen LogP contribution in [0.15, 0.2) is 0 Å². The summed E-state index contributed by atoms with van der Waals surface area (Å²) in [5.74, 6) is -0.700. The van der Waals surface area contributed by atoms with Gasteiger partial charge in [-0.05, 0) is 6.92 Å². The summed E-state index contributed by atoms with van der Waals surface area (Å²) < 4.78 is 40.8. The van der Waals surface area contributed by atoms with Crippen molar-refractivity contribution >= 4 is 11.9 Å². The van der Waals surface area contributed by atoms with Crippen LogP contribution < -0.4 is 5.32 Å². The lowest BCUT2D eigenvalue weighted by Crippen LogP contribution is -2.48. The highest BCUT2D eigenvalue weighted by Gasteiger charge is 2.48. The predicted molar refractivity (Wildman–Crippen MR) is 51.2 cm³/mol. The lowest BCUT2D eigenvalue weighted by atomic mass is 10.0. The van der Waals surface area contributed by atoms with Crippen LogP contribution in [-0.2, 0) is 9.53 Å². The van der Waals surface area contributed by atoms with Gasteiger partial charge >= 0.3 is 12.2 Å². The van der Waals surface area contributed by atoms with Crippen LogP contribution in [-0.4, -0.2) is 48.8 Å². The number of nitrogens with zero attached hydrogens (tertiary/aromatic N) is 1. The molecule has 1 N–H and O–H groups in total. The van der Waals surface area contributed by atoms with Gasteiger partial charge in [-0.3, -0.25) is 9.69 Å². The lowest BCUT2D eigenvalue weighted by Gasteiger charge is -2.20. The maximum absolute atomic E-state index is 12.0. The Labute approximate surface area is 95.9 Å². The van der Waals surface area contributed by atoms with Crippen LogP contribution in [0.3, 0.4) is 0 Å². The molecule has 0 unspecified atom stereocenters. The van der Waals surface area contributed by atoms with E-state index in [9.17, 15) is 22.8 Å². The fourth-order valence-corrected chi connectivity index (χ4v) is 1.58. The van der Waals surface area contributed by atoms with Gasteiger partial charge in [0.2, 0.25) is 0 Å². The molecule has 0 aromatic rings. The number of carbonyl (C=O) groups is 2. The summed E-state index contributed by atoms with van der Waals surface area (Å²) in [4.78, 5) is 23.7. The number of alkyl halides is 3. The number of nitrogens with one attached hydrogen (secondary N) is 1. The Balaban J connectivity index is 2.69. The quantitative estimate of drug-likeness (QED) is 0.758. The predicted octanol–water partition coefficient (Wildman–Crippen LogP) is 0.896. The zero-order valence-corrected chi connectivity index (χ0v) is 9.43. The van der Waals surface area contributed by atoms with E-state index >= 15 is 0 Å². The van der Waals surface area contributed by atoms with Gasteiger partial charge in [0, 0.05) is 13.7 Å². The van der Waals surface area contributed by atoms with Gasteiger partial charge in [0.15, 0.2) is 0 Å². The number of hydrogen-bond donors (Lipinski definition) is 1. The van der Waals surface area contributed by atoms with Gasteiger partial charge in [0.25, 0.3) is 5.91 Å². The molecule has 1 heterocycles. The number of hydrogen-bond acceptors (Lipinski definition) is 3. The molecule has 0 aromatic heterocycles. The third kappa shape index (κ3) is 3.09. The van der Waals surface area contributed by atoms with Crippen molar-refractivity contribution in [3.05, 3.63) is 0 Å². The largest absolute Gasteiger partial charge is 0.390 e. The molecule has 8 heteroatoms. The van der Waals surface area contributed by atoms with Gasteiger partial charge in [-0.1, -0.05) is 0 Å². The standard InChI is InChI=1S/C9H13F3N2O3/c1-8(5-17-2)6(15)14(7(16)13-8)4-3-9(10,11)12/h3-5H2,1-2H3,(H,13,16)/t8-/m0/s1. The van der Waals surface area contributed by atoms with E-state index in [1.807, 2.05) is 0 Å². The van der Waals surface area contributed by atoms with Crippen LogP contribution in [0.25, 0.3) is 0 Å². The van der Waals surface area contributed by atoms with Crippen molar-refractivity contribution in [1.29, 1.82) is 0 Å². The molecule has 1 aliphatic heterocycles. The summed E-state index contributed by atoms with van der Waals surface area (Å²) in [5, 5.41) is 2.31. The Hall–Kier alpha value is -1.31. The van der Waals surface area contributed by atoms with E-state index in [2.05, 4.69) is 5.32 Å². The highest BCUT2D eigenvalue weighted by Crippen LogP contribution is 2.23. The van der Waals surface area contributed by atoms with Gasteiger partial charge < -0.3 is 10.1 Å². The first kappa shape index (κ1) is 13.8. The minimum atomic E-state index is -4.40. The van der Waals surface area contributed by atoms with E-state index in [-0.39, 0.29) is 6.61 Å². The van der Waals surface area contributed by atoms with E-state index in [1.54, 1.807) is 0 Å². The van der Waals surface area contributed by atoms with Crippen LogP contribution in [0.1, 0.15) is 13.3 Å². The topological polar surface area (TPSA) is 58.6 Å². The Kier molecular flexibility index (Phi) is 3.65. The van der Waals surface area contributed by atoms with Crippen molar-refractivity contribution in [2.45, 2.75) is 25.1 Å². The molecule has 5 nitrogen and oxygen atoms in total. The Bertz CT molecular complexity index is 332. The minimum absolute atomic E-state index is 0.0832. The van der Waals surface area contributed by atoms with E-state index in [0.717, 1.165) is 0 Å². The first-order valence-corrected chi connectivity index (χ1v) is 4.89. The van der Waals surface area contributed by atoms with Crippen LogP contribution in [0, 0.1) is 0 Å². The van der Waals surface area contributed by atoms with Gasteiger partial charge in [0.1, 0.15) is 5.54 Å². The van der Waals surface area contributed by atoms with Crippen molar-refractivity contribution in [1.82, 2.24) is 10.2 Å². The second-order valence-corrected chi connectivity index (χ2v) is 4.02. The monoisotopic (exact) mass is 254 g/mol. The molecule has 1 aliphatic rings. The number of methoxy groups -OCH3 is 1. The fraction of sp³-hybridized carbons (Fsp3) is 0.778. The molecular formula is C9H13F3N2O3. The number of carbonyl (C=O) groups excluding carboxylic acids is 2. The second kappa shape index (κ2) is 4.52. The van der Waals surface area contributed by atoms with Crippen molar-refractivity contribution in [3.8, 4) is 0 Å². The van der Waals surface area contributed by atoms with Gasteiger partial charge in [-0.2, -0.15) is 13.2 Å². The third-order valence-electron chi connectivity index (χ3n) is 2.40. The van der Waals surface area contributed by atoms with E-state index in [4.69, 9.17) is 4.74 Å². The lowest BCUT2D eigenvalue weighted by molar-refractivity contribution is -0.143. The SMILES string of the molecule is COC[C@]1(C)NC(=O)N(CCC(F)(F)F)C1=O. The second-order valence-electron chi connectivity index (χ2n) is 4.02. The summed E-state index contributed by atoms with van der Waals surface area (Å²) in [5.41, 5.74) is -1.28. The highest BCUT2D eigenvalue weighted by molar-refractivity contribution is 6.06. The molecule has 0 saturated carbocycles. The molecule has 0 bridgehead atoms.